The van der Waals surface area contributed by atoms with Crippen LogP contribution in [0.25, 0.3) is 11.0 Å². The number of hydrogen-bond acceptors (Lipinski definition) is 10. The lowest BCUT2D eigenvalue weighted by atomic mass is 9.98. The number of carbonyl (C=O) groups excluding carboxylic acids is 3. The predicted molar refractivity (Wildman–Crippen MR) is 103 cm³/mol. The number of hydrogen-bond donors (Lipinski definition) is 1. The molecule has 11 heteroatoms. The number of ether oxygens (including phenoxy) is 5. The minimum absolute atomic E-state index is 0.00191. The van der Waals surface area contributed by atoms with Crippen molar-refractivity contribution in [2.24, 2.45) is 0 Å². The molecule has 2 fully saturated rings. The van der Waals surface area contributed by atoms with Crippen LogP contribution < -0.4 is 15.7 Å². The summed E-state index contributed by atoms with van der Waals surface area (Å²) in [7, 11) is 0. The summed E-state index contributed by atoms with van der Waals surface area (Å²) in [6.45, 7) is 2.37. The molecule has 4 rings (SSSR count). The van der Waals surface area contributed by atoms with E-state index in [-0.39, 0.29) is 37.0 Å². The largest absolute Gasteiger partial charge is 0.509 e. The van der Waals surface area contributed by atoms with Crippen LogP contribution in [0.15, 0.2) is 33.5 Å². The van der Waals surface area contributed by atoms with Gasteiger partial charge in [0, 0.05) is 25.3 Å². The molecule has 1 amide bonds. The molecule has 2 unspecified atom stereocenters. The van der Waals surface area contributed by atoms with Crippen LogP contribution in [-0.2, 0) is 28.5 Å². The molecule has 0 saturated carbocycles. The van der Waals surface area contributed by atoms with Crippen LogP contribution >= 0.6 is 0 Å². The van der Waals surface area contributed by atoms with E-state index in [2.05, 4.69) is 5.32 Å². The number of benzene rings is 1. The molecule has 31 heavy (non-hydrogen) atoms. The quantitative estimate of drug-likeness (QED) is 0.525. The number of amides is 1. The summed E-state index contributed by atoms with van der Waals surface area (Å²) in [5.74, 6) is -0.524. The Balaban J connectivity index is 1.50. The van der Waals surface area contributed by atoms with Gasteiger partial charge in [-0.25, -0.2) is 9.59 Å². The van der Waals surface area contributed by atoms with Gasteiger partial charge in [-0.2, -0.15) is 0 Å². The van der Waals surface area contributed by atoms with Gasteiger partial charge in [-0.05, 0) is 18.2 Å². The van der Waals surface area contributed by atoms with Crippen LogP contribution in [0.1, 0.15) is 13.8 Å². The Morgan fingerprint density at radius 3 is 2.77 bits per heavy atom. The monoisotopic (exact) mass is 433 g/mol. The summed E-state index contributed by atoms with van der Waals surface area (Å²) in [5.41, 5.74) is -1.62. The molecule has 2 saturated heterocycles. The van der Waals surface area contributed by atoms with Crippen LogP contribution in [-0.4, -0.2) is 55.7 Å². The van der Waals surface area contributed by atoms with E-state index in [1.807, 2.05) is 0 Å². The SMILES string of the molecule is CC(=O)Nc1cc2ccc(OCC34CO[C@H](COC(C)=O)C3OC(=O)O4)cc2oc1=O. The smallest absolute Gasteiger partial charge is 0.489 e. The van der Waals surface area contributed by atoms with Crippen molar-refractivity contribution in [1.29, 1.82) is 0 Å². The number of fused-ring (bicyclic) bond motifs is 2. The fourth-order valence-corrected chi connectivity index (χ4v) is 3.47. The third kappa shape index (κ3) is 4.17. The van der Waals surface area contributed by atoms with Gasteiger partial charge < -0.3 is 33.4 Å². The van der Waals surface area contributed by atoms with Crippen LogP contribution in [0.5, 0.6) is 5.75 Å². The van der Waals surface area contributed by atoms with E-state index in [0.717, 1.165) is 0 Å². The summed E-state index contributed by atoms with van der Waals surface area (Å²) in [5, 5.41) is 2.98. The number of carbonyl (C=O) groups is 3. The van der Waals surface area contributed by atoms with E-state index in [0.29, 0.717) is 11.1 Å². The third-order valence-corrected chi connectivity index (χ3v) is 4.86. The van der Waals surface area contributed by atoms with E-state index in [9.17, 15) is 19.2 Å². The molecule has 1 aromatic heterocycles. The third-order valence-electron chi connectivity index (χ3n) is 4.86. The Kier molecular flexibility index (Phi) is 5.27. The van der Waals surface area contributed by atoms with Crippen molar-refractivity contribution in [3.63, 3.8) is 0 Å². The van der Waals surface area contributed by atoms with Gasteiger partial charge in [0.1, 0.15) is 36.3 Å². The van der Waals surface area contributed by atoms with E-state index >= 15 is 0 Å². The Labute approximate surface area is 175 Å². The number of rotatable bonds is 6. The Bertz CT molecular complexity index is 1110. The highest BCUT2D eigenvalue weighted by atomic mass is 16.8. The fraction of sp³-hybridized carbons (Fsp3) is 0.400. The zero-order valence-electron chi connectivity index (χ0n) is 16.7. The normalized spacial score (nSPS) is 24.3. The zero-order valence-corrected chi connectivity index (χ0v) is 16.7. The van der Waals surface area contributed by atoms with Crippen LogP contribution in [0.3, 0.4) is 0 Å². The van der Waals surface area contributed by atoms with Crippen molar-refractivity contribution in [1.82, 2.24) is 0 Å². The van der Waals surface area contributed by atoms with Gasteiger partial charge in [-0.15, -0.1) is 0 Å². The minimum Gasteiger partial charge on any atom is -0.489 e. The summed E-state index contributed by atoms with van der Waals surface area (Å²) in [6.07, 6.45) is -2.35. The zero-order chi connectivity index (χ0) is 22.2. The van der Waals surface area contributed by atoms with Crippen LogP contribution in [0.4, 0.5) is 10.5 Å². The summed E-state index contributed by atoms with van der Waals surface area (Å²) < 4.78 is 32.1. The molecular formula is C20H19NO10. The molecule has 11 nitrogen and oxygen atoms in total. The maximum absolute atomic E-state index is 12.0. The second-order valence-electron chi connectivity index (χ2n) is 7.22. The second kappa shape index (κ2) is 7.91. The molecule has 0 spiro atoms. The van der Waals surface area contributed by atoms with Gasteiger partial charge in [0.2, 0.25) is 11.5 Å². The average Bonchev–Trinajstić information content (AvgIpc) is 3.19. The lowest BCUT2D eigenvalue weighted by Crippen LogP contribution is -2.47. The van der Waals surface area contributed by atoms with Gasteiger partial charge in [-0.3, -0.25) is 9.59 Å². The highest BCUT2D eigenvalue weighted by Crippen LogP contribution is 2.38. The van der Waals surface area contributed by atoms with E-state index in [1.54, 1.807) is 12.1 Å². The van der Waals surface area contributed by atoms with E-state index in [1.165, 1.54) is 26.0 Å². The Hall–Kier alpha value is -3.60. The molecule has 2 aromatic rings. The predicted octanol–water partition coefficient (Wildman–Crippen LogP) is 1.37. The van der Waals surface area contributed by atoms with Gasteiger partial charge in [0.05, 0.1) is 6.61 Å². The van der Waals surface area contributed by atoms with Crippen molar-refractivity contribution < 1.29 is 42.5 Å². The average molecular weight is 433 g/mol. The molecule has 0 bridgehead atoms. The lowest BCUT2D eigenvalue weighted by molar-refractivity contribution is -0.145. The number of esters is 1. The summed E-state index contributed by atoms with van der Waals surface area (Å²) in [6, 6.07) is 6.29. The van der Waals surface area contributed by atoms with Gasteiger partial charge in [0.25, 0.3) is 0 Å². The summed E-state index contributed by atoms with van der Waals surface area (Å²) in [4.78, 5) is 46.0. The maximum atomic E-state index is 12.0. The first-order valence-electron chi connectivity index (χ1n) is 9.39. The van der Waals surface area contributed by atoms with Crippen LogP contribution in [0, 0.1) is 0 Å². The second-order valence-corrected chi connectivity index (χ2v) is 7.22. The van der Waals surface area contributed by atoms with Crippen molar-refractivity contribution in [2.75, 3.05) is 25.1 Å². The first-order valence-corrected chi connectivity index (χ1v) is 9.39. The fourth-order valence-electron chi connectivity index (χ4n) is 3.47. The molecule has 1 N–H and O–H groups in total. The van der Waals surface area contributed by atoms with Gasteiger partial charge >= 0.3 is 17.8 Å². The standard InChI is InChI=1S/C20H19NO10/c1-10(22)21-14-5-12-3-4-13(6-15(12)29-18(14)24)27-8-20-9-28-16(7-26-11(2)23)17(20)30-19(25)31-20/h3-6,16-17H,7-9H2,1-2H3,(H,21,22)/t16-,17?,20?/m1/s1. The maximum Gasteiger partial charge on any atom is 0.509 e. The van der Waals surface area contributed by atoms with E-state index in [4.69, 9.17) is 28.1 Å². The molecular weight excluding hydrogens is 414 g/mol. The summed E-state index contributed by atoms with van der Waals surface area (Å²) >= 11 is 0. The van der Waals surface area contributed by atoms with Crippen molar-refractivity contribution >= 4 is 34.7 Å². The Morgan fingerprint density at radius 1 is 1.23 bits per heavy atom. The van der Waals surface area contributed by atoms with E-state index < -0.39 is 35.6 Å². The molecule has 164 valence electrons. The lowest BCUT2D eigenvalue weighted by Gasteiger charge is -2.24. The van der Waals surface area contributed by atoms with Crippen molar-refractivity contribution in [3.05, 3.63) is 34.7 Å². The first-order chi connectivity index (χ1) is 14.8. The minimum atomic E-state index is -1.20. The number of nitrogens with one attached hydrogen (secondary N) is 1. The first kappa shape index (κ1) is 20.7. The van der Waals surface area contributed by atoms with Crippen molar-refractivity contribution in [2.45, 2.75) is 31.7 Å². The molecule has 2 aliphatic rings. The molecule has 3 atom stereocenters. The topological polar surface area (TPSA) is 140 Å². The molecule has 2 aliphatic heterocycles. The molecule has 3 heterocycles. The number of anilines is 1. The molecule has 0 radical (unpaired) electrons. The molecule has 0 aliphatic carbocycles. The van der Waals surface area contributed by atoms with Crippen LogP contribution in [0.2, 0.25) is 0 Å². The molecule has 1 aromatic carbocycles. The highest BCUT2D eigenvalue weighted by Gasteiger charge is 2.61. The highest BCUT2D eigenvalue weighted by molar-refractivity contribution is 5.91. The van der Waals surface area contributed by atoms with Crippen molar-refractivity contribution in [3.8, 4) is 5.75 Å². The van der Waals surface area contributed by atoms with Gasteiger partial charge in [0.15, 0.2) is 6.10 Å². The Morgan fingerprint density at radius 2 is 2.03 bits per heavy atom. The van der Waals surface area contributed by atoms with Gasteiger partial charge in [-0.1, -0.05) is 0 Å².